The third kappa shape index (κ3) is 4.31. The molecule has 0 unspecified atom stereocenters. The third-order valence-electron chi connectivity index (χ3n) is 3.70. The number of nitrogens with one attached hydrogen (secondary N) is 1. The number of benzene rings is 2. The normalized spacial score (nSPS) is 11.3. The van der Waals surface area contributed by atoms with E-state index >= 15 is 0 Å². The summed E-state index contributed by atoms with van der Waals surface area (Å²) < 4.78 is 24.2. The van der Waals surface area contributed by atoms with Gasteiger partial charge in [0, 0.05) is 17.5 Å². The van der Waals surface area contributed by atoms with Crippen LogP contribution in [0.1, 0.15) is 21.5 Å². The van der Waals surface area contributed by atoms with Crippen molar-refractivity contribution in [1.82, 2.24) is 20.2 Å². The van der Waals surface area contributed by atoms with Crippen LogP contribution >= 0.6 is 0 Å². The highest BCUT2D eigenvalue weighted by molar-refractivity contribution is 7.89. The molecule has 134 valence electrons. The minimum Gasteiger partial charge on any atom is -0.322 e. The van der Waals surface area contributed by atoms with Crippen LogP contribution in [0.5, 0.6) is 0 Å². The quantitative estimate of drug-likeness (QED) is 0.732. The first kappa shape index (κ1) is 17.7. The van der Waals surface area contributed by atoms with Gasteiger partial charge in [-0.2, -0.15) is 0 Å². The molecule has 0 aliphatic carbocycles. The lowest BCUT2D eigenvalue weighted by Gasteiger charge is -2.09. The predicted octanol–water partition coefficient (Wildman–Crippen LogP) is 1.77. The van der Waals surface area contributed by atoms with Crippen molar-refractivity contribution in [1.29, 1.82) is 0 Å². The molecule has 0 saturated carbocycles. The summed E-state index contributed by atoms with van der Waals surface area (Å²) in [6.07, 6.45) is 2.67. The van der Waals surface area contributed by atoms with Crippen LogP contribution in [-0.2, 0) is 15.6 Å². The highest BCUT2D eigenvalue weighted by Gasteiger charge is 2.10. The van der Waals surface area contributed by atoms with E-state index in [1.54, 1.807) is 35.0 Å². The van der Waals surface area contributed by atoms with E-state index in [0.29, 0.717) is 16.8 Å². The smallest absolute Gasteiger partial charge is 0.255 e. The van der Waals surface area contributed by atoms with Gasteiger partial charge in [-0.25, -0.2) is 13.1 Å². The van der Waals surface area contributed by atoms with Crippen LogP contribution in [-0.4, -0.2) is 40.8 Å². The number of sulfone groups is 1. The number of anilines is 1. The Morgan fingerprint density at radius 3 is 2.46 bits per heavy atom. The Morgan fingerprint density at radius 1 is 1.15 bits per heavy atom. The Balaban J connectivity index is 1.73. The molecule has 8 nitrogen and oxygen atoms in total. The average Bonchev–Trinajstić information content (AvgIpc) is 3.08. The van der Waals surface area contributed by atoms with Crippen molar-refractivity contribution >= 4 is 21.4 Å². The summed E-state index contributed by atoms with van der Waals surface area (Å²) in [5.74, 6) is -0.322. The van der Waals surface area contributed by atoms with E-state index in [-0.39, 0.29) is 11.7 Å². The largest absolute Gasteiger partial charge is 0.322 e. The standard InChI is InChI=1S/C17H17N5O3S/c1-12-9-15(7-8-16(12)22-11-18-20-21-22)19-17(23)14-5-3-13(4-6-14)10-26(2,24)25/h3-9,11H,10H2,1-2H3,(H,19,23). The lowest BCUT2D eigenvalue weighted by atomic mass is 10.1. The van der Waals surface area contributed by atoms with Crippen LogP contribution in [0, 0.1) is 6.92 Å². The molecular formula is C17H17N5O3S. The zero-order valence-electron chi connectivity index (χ0n) is 14.2. The number of aryl methyl sites for hydroxylation is 1. The van der Waals surface area contributed by atoms with E-state index in [9.17, 15) is 13.2 Å². The second-order valence-electron chi connectivity index (χ2n) is 5.98. The van der Waals surface area contributed by atoms with E-state index in [4.69, 9.17) is 0 Å². The van der Waals surface area contributed by atoms with Gasteiger partial charge in [0.15, 0.2) is 9.84 Å². The lowest BCUT2D eigenvalue weighted by Crippen LogP contribution is -2.12. The number of amides is 1. The first-order valence-electron chi connectivity index (χ1n) is 7.74. The van der Waals surface area contributed by atoms with Gasteiger partial charge in [-0.15, -0.1) is 5.10 Å². The molecule has 0 aliphatic heterocycles. The summed E-state index contributed by atoms with van der Waals surface area (Å²) >= 11 is 0. The van der Waals surface area contributed by atoms with Gasteiger partial charge in [0.25, 0.3) is 5.91 Å². The van der Waals surface area contributed by atoms with Gasteiger partial charge in [0.2, 0.25) is 0 Å². The van der Waals surface area contributed by atoms with E-state index in [1.165, 1.54) is 12.6 Å². The average molecular weight is 371 g/mol. The third-order valence-corrected chi connectivity index (χ3v) is 4.55. The minimum absolute atomic E-state index is 0.0489. The molecule has 0 aliphatic rings. The van der Waals surface area contributed by atoms with Crippen molar-refractivity contribution in [3.05, 3.63) is 65.5 Å². The molecule has 0 spiro atoms. The molecule has 1 aromatic heterocycles. The number of nitrogens with zero attached hydrogens (tertiary/aromatic N) is 4. The maximum absolute atomic E-state index is 12.4. The molecule has 0 bridgehead atoms. The topological polar surface area (TPSA) is 107 Å². The number of tetrazole rings is 1. The van der Waals surface area contributed by atoms with Gasteiger partial charge in [0.05, 0.1) is 11.4 Å². The van der Waals surface area contributed by atoms with Gasteiger partial charge in [-0.05, 0) is 58.8 Å². The molecule has 0 fully saturated rings. The fourth-order valence-corrected chi connectivity index (χ4v) is 3.32. The maximum atomic E-state index is 12.4. The molecule has 2 aromatic carbocycles. The number of carbonyl (C=O) groups is 1. The molecule has 9 heteroatoms. The molecular weight excluding hydrogens is 354 g/mol. The van der Waals surface area contributed by atoms with Gasteiger partial charge in [-0.1, -0.05) is 12.1 Å². The zero-order valence-corrected chi connectivity index (χ0v) is 15.1. The van der Waals surface area contributed by atoms with Crippen molar-refractivity contribution in [2.45, 2.75) is 12.7 Å². The minimum atomic E-state index is -3.10. The first-order chi connectivity index (χ1) is 12.3. The Morgan fingerprint density at radius 2 is 1.88 bits per heavy atom. The summed E-state index contributed by atoms with van der Waals surface area (Å²) in [4.78, 5) is 12.4. The Hall–Kier alpha value is -3.07. The fraction of sp³-hybridized carbons (Fsp3) is 0.176. The fourth-order valence-electron chi connectivity index (χ4n) is 2.52. The van der Waals surface area contributed by atoms with Crippen LogP contribution in [0.4, 0.5) is 5.69 Å². The summed E-state index contributed by atoms with van der Waals surface area (Å²) in [5, 5.41) is 13.9. The maximum Gasteiger partial charge on any atom is 0.255 e. The van der Waals surface area contributed by atoms with E-state index in [1.807, 2.05) is 19.1 Å². The van der Waals surface area contributed by atoms with Gasteiger partial charge in [-0.3, -0.25) is 4.79 Å². The molecule has 0 saturated heterocycles. The summed E-state index contributed by atoms with van der Waals surface area (Å²) in [5.41, 5.74) is 3.46. The van der Waals surface area contributed by atoms with Gasteiger partial charge < -0.3 is 5.32 Å². The SMILES string of the molecule is Cc1cc(NC(=O)c2ccc(CS(C)(=O)=O)cc2)ccc1-n1cnnn1. The number of carbonyl (C=O) groups excluding carboxylic acids is 1. The van der Waals surface area contributed by atoms with Crippen LogP contribution in [0.15, 0.2) is 48.8 Å². The molecule has 0 atom stereocenters. The molecule has 1 N–H and O–H groups in total. The Labute approximate surface area is 150 Å². The second-order valence-corrected chi connectivity index (χ2v) is 8.12. The lowest BCUT2D eigenvalue weighted by molar-refractivity contribution is 0.102. The molecule has 3 rings (SSSR count). The number of rotatable bonds is 5. The molecule has 1 heterocycles. The highest BCUT2D eigenvalue weighted by Crippen LogP contribution is 2.19. The van der Waals surface area contributed by atoms with Crippen molar-refractivity contribution < 1.29 is 13.2 Å². The van der Waals surface area contributed by atoms with Gasteiger partial charge >= 0.3 is 0 Å². The Bertz CT molecular complexity index is 1030. The number of hydrogen-bond acceptors (Lipinski definition) is 6. The van der Waals surface area contributed by atoms with E-state index in [0.717, 1.165) is 11.3 Å². The van der Waals surface area contributed by atoms with E-state index < -0.39 is 9.84 Å². The first-order valence-corrected chi connectivity index (χ1v) is 9.80. The Kier molecular flexibility index (Phi) is 4.81. The molecule has 0 radical (unpaired) electrons. The molecule has 3 aromatic rings. The summed E-state index contributed by atoms with van der Waals surface area (Å²) in [6, 6.07) is 11.9. The van der Waals surface area contributed by atoms with E-state index in [2.05, 4.69) is 20.8 Å². The number of aromatic nitrogens is 4. The summed E-state index contributed by atoms with van der Waals surface area (Å²) in [7, 11) is -3.10. The molecule has 1 amide bonds. The van der Waals surface area contributed by atoms with Crippen molar-refractivity contribution in [2.75, 3.05) is 11.6 Å². The van der Waals surface area contributed by atoms with Crippen LogP contribution in [0.2, 0.25) is 0 Å². The second kappa shape index (κ2) is 7.04. The summed E-state index contributed by atoms with van der Waals surface area (Å²) in [6.45, 7) is 1.90. The van der Waals surface area contributed by atoms with Crippen LogP contribution in [0.3, 0.4) is 0 Å². The van der Waals surface area contributed by atoms with Gasteiger partial charge in [0.1, 0.15) is 6.33 Å². The number of hydrogen-bond donors (Lipinski definition) is 1. The van der Waals surface area contributed by atoms with Crippen molar-refractivity contribution in [3.8, 4) is 5.69 Å². The predicted molar refractivity (Wildman–Crippen MR) is 96.8 cm³/mol. The van der Waals surface area contributed by atoms with Crippen LogP contribution < -0.4 is 5.32 Å². The van der Waals surface area contributed by atoms with Crippen molar-refractivity contribution in [3.63, 3.8) is 0 Å². The van der Waals surface area contributed by atoms with Crippen LogP contribution in [0.25, 0.3) is 5.69 Å². The zero-order chi connectivity index (χ0) is 18.7. The molecule has 26 heavy (non-hydrogen) atoms. The van der Waals surface area contributed by atoms with Crippen molar-refractivity contribution in [2.24, 2.45) is 0 Å². The monoisotopic (exact) mass is 371 g/mol. The highest BCUT2D eigenvalue weighted by atomic mass is 32.2.